The number of rotatable bonds is 7. The van der Waals surface area contributed by atoms with E-state index in [9.17, 15) is 0 Å². The first-order valence-electron chi connectivity index (χ1n) is 5.61. The van der Waals surface area contributed by atoms with Gasteiger partial charge in [0.1, 0.15) is 0 Å². The Hall–Kier alpha value is -0.520. The topological polar surface area (TPSA) is 64.1 Å². The predicted octanol–water partition coefficient (Wildman–Crippen LogP) is 1.39. The van der Waals surface area contributed by atoms with E-state index in [0.717, 1.165) is 30.2 Å². The van der Waals surface area contributed by atoms with Crippen LogP contribution in [0.4, 0.5) is 0 Å². The molecule has 0 amide bonds. The molecule has 4 nitrogen and oxygen atoms in total. The molecule has 1 heterocycles. The van der Waals surface area contributed by atoms with E-state index in [-0.39, 0.29) is 6.61 Å². The van der Waals surface area contributed by atoms with E-state index in [1.165, 1.54) is 0 Å². The standard InChI is InChI=1S/C11H21N3OS/c1-3-11(12,9-15)5-4-8-16-10-13-6-7-14(10)2/h6-7,15H,3-5,8-9,12H2,1-2H3. The van der Waals surface area contributed by atoms with Crippen molar-refractivity contribution in [3.05, 3.63) is 12.4 Å². The second-order valence-electron chi connectivity index (χ2n) is 4.15. The van der Waals surface area contributed by atoms with Crippen LogP contribution in [0.25, 0.3) is 0 Å². The van der Waals surface area contributed by atoms with E-state index < -0.39 is 5.54 Å². The Morgan fingerprint density at radius 2 is 2.38 bits per heavy atom. The van der Waals surface area contributed by atoms with Gasteiger partial charge in [0.25, 0.3) is 0 Å². The van der Waals surface area contributed by atoms with Gasteiger partial charge in [-0.25, -0.2) is 4.98 Å². The van der Waals surface area contributed by atoms with Crippen LogP contribution in [-0.4, -0.2) is 32.6 Å². The Morgan fingerprint density at radius 1 is 1.62 bits per heavy atom. The van der Waals surface area contributed by atoms with Gasteiger partial charge in [0.05, 0.1) is 6.61 Å². The van der Waals surface area contributed by atoms with Crippen LogP contribution in [0.15, 0.2) is 17.6 Å². The molecule has 5 heteroatoms. The number of imidazole rings is 1. The predicted molar refractivity (Wildman–Crippen MR) is 67.5 cm³/mol. The zero-order chi connectivity index (χ0) is 12.0. The normalized spacial score (nSPS) is 15.0. The zero-order valence-electron chi connectivity index (χ0n) is 10.0. The fourth-order valence-corrected chi connectivity index (χ4v) is 2.32. The lowest BCUT2D eigenvalue weighted by Gasteiger charge is -2.25. The molecule has 92 valence electrons. The Kier molecular flexibility index (Phi) is 5.31. The summed E-state index contributed by atoms with van der Waals surface area (Å²) in [4.78, 5) is 4.24. The zero-order valence-corrected chi connectivity index (χ0v) is 10.8. The average Bonchev–Trinajstić information content (AvgIpc) is 2.70. The molecule has 0 bridgehead atoms. The molecule has 1 aromatic heterocycles. The molecule has 1 aromatic rings. The first-order valence-corrected chi connectivity index (χ1v) is 6.60. The lowest BCUT2D eigenvalue weighted by molar-refractivity contribution is 0.182. The molecule has 0 aromatic carbocycles. The van der Waals surface area contributed by atoms with Gasteiger partial charge < -0.3 is 15.4 Å². The lowest BCUT2D eigenvalue weighted by atomic mass is 9.93. The minimum absolute atomic E-state index is 0.0660. The summed E-state index contributed by atoms with van der Waals surface area (Å²) in [6, 6.07) is 0. The fourth-order valence-electron chi connectivity index (χ4n) is 1.45. The molecule has 0 aliphatic carbocycles. The van der Waals surface area contributed by atoms with Crippen LogP contribution >= 0.6 is 11.8 Å². The third-order valence-corrected chi connectivity index (χ3v) is 3.99. The van der Waals surface area contributed by atoms with E-state index in [1.807, 2.05) is 24.7 Å². The highest BCUT2D eigenvalue weighted by Crippen LogP contribution is 2.19. The first-order chi connectivity index (χ1) is 7.61. The van der Waals surface area contributed by atoms with Crippen LogP contribution in [0.1, 0.15) is 26.2 Å². The van der Waals surface area contributed by atoms with Crippen molar-refractivity contribution in [1.29, 1.82) is 0 Å². The van der Waals surface area contributed by atoms with Gasteiger partial charge in [-0.15, -0.1) is 0 Å². The second-order valence-corrected chi connectivity index (χ2v) is 5.21. The van der Waals surface area contributed by atoms with Crippen LogP contribution in [0.3, 0.4) is 0 Å². The summed E-state index contributed by atoms with van der Waals surface area (Å²) in [5.74, 6) is 0.990. The van der Waals surface area contributed by atoms with Crippen molar-refractivity contribution in [3.8, 4) is 0 Å². The SMILES string of the molecule is CCC(N)(CO)CCCSc1nccn1C. The van der Waals surface area contributed by atoms with Crippen LogP contribution in [0, 0.1) is 0 Å². The van der Waals surface area contributed by atoms with E-state index >= 15 is 0 Å². The lowest BCUT2D eigenvalue weighted by Crippen LogP contribution is -2.42. The van der Waals surface area contributed by atoms with Gasteiger partial charge in [0, 0.05) is 30.7 Å². The monoisotopic (exact) mass is 243 g/mol. The Morgan fingerprint density at radius 3 is 2.88 bits per heavy atom. The quantitative estimate of drug-likeness (QED) is 0.561. The molecule has 1 unspecified atom stereocenters. The Labute approximate surface area is 101 Å². The van der Waals surface area contributed by atoms with Crippen LogP contribution in [0.2, 0.25) is 0 Å². The maximum absolute atomic E-state index is 9.16. The minimum atomic E-state index is -0.401. The summed E-state index contributed by atoms with van der Waals surface area (Å²) in [5, 5.41) is 10.2. The van der Waals surface area contributed by atoms with Crippen LogP contribution in [0.5, 0.6) is 0 Å². The van der Waals surface area contributed by atoms with Crippen molar-refractivity contribution in [2.75, 3.05) is 12.4 Å². The molecule has 1 atom stereocenters. The van der Waals surface area contributed by atoms with Gasteiger partial charge in [-0.2, -0.15) is 0 Å². The van der Waals surface area contributed by atoms with Gasteiger partial charge in [-0.05, 0) is 19.3 Å². The smallest absolute Gasteiger partial charge is 0.167 e. The molecule has 0 saturated carbocycles. The molecule has 0 fully saturated rings. The second kappa shape index (κ2) is 6.27. The number of aliphatic hydroxyl groups is 1. The molecule has 0 saturated heterocycles. The number of nitrogens with two attached hydrogens (primary N) is 1. The molecule has 0 aliphatic rings. The summed E-state index contributed by atoms with van der Waals surface area (Å²) in [7, 11) is 1.99. The summed E-state index contributed by atoms with van der Waals surface area (Å²) in [5.41, 5.74) is 5.61. The number of hydrogen-bond donors (Lipinski definition) is 2. The highest BCUT2D eigenvalue weighted by Gasteiger charge is 2.20. The van der Waals surface area contributed by atoms with Gasteiger partial charge >= 0.3 is 0 Å². The number of aliphatic hydroxyl groups excluding tert-OH is 1. The van der Waals surface area contributed by atoms with Crippen molar-refractivity contribution >= 4 is 11.8 Å². The highest BCUT2D eigenvalue weighted by atomic mass is 32.2. The number of aromatic nitrogens is 2. The number of aryl methyl sites for hydroxylation is 1. The molecular formula is C11H21N3OS. The third-order valence-electron chi connectivity index (χ3n) is 2.85. The molecule has 1 rings (SSSR count). The summed E-state index contributed by atoms with van der Waals surface area (Å²) in [6.07, 6.45) is 6.42. The average molecular weight is 243 g/mol. The van der Waals surface area contributed by atoms with Crippen molar-refractivity contribution in [2.45, 2.75) is 36.9 Å². The van der Waals surface area contributed by atoms with Crippen LogP contribution in [-0.2, 0) is 7.05 Å². The van der Waals surface area contributed by atoms with E-state index in [4.69, 9.17) is 10.8 Å². The van der Waals surface area contributed by atoms with E-state index in [0.29, 0.717) is 0 Å². The summed E-state index contributed by atoms with van der Waals surface area (Å²) in [6.45, 7) is 2.08. The van der Waals surface area contributed by atoms with Crippen LogP contribution < -0.4 is 5.73 Å². The van der Waals surface area contributed by atoms with Gasteiger partial charge in [-0.1, -0.05) is 18.7 Å². The number of nitrogens with zero attached hydrogens (tertiary/aromatic N) is 2. The maximum Gasteiger partial charge on any atom is 0.167 e. The molecule has 16 heavy (non-hydrogen) atoms. The highest BCUT2D eigenvalue weighted by molar-refractivity contribution is 7.99. The Balaban J connectivity index is 2.24. The largest absolute Gasteiger partial charge is 0.394 e. The maximum atomic E-state index is 9.16. The molecule has 3 N–H and O–H groups in total. The van der Waals surface area contributed by atoms with E-state index in [1.54, 1.807) is 18.0 Å². The number of thioether (sulfide) groups is 1. The summed E-state index contributed by atoms with van der Waals surface area (Å²) < 4.78 is 2.01. The van der Waals surface area contributed by atoms with E-state index in [2.05, 4.69) is 4.98 Å². The fraction of sp³-hybridized carbons (Fsp3) is 0.727. The molecular weight excluding hydrogens is 222 g/mol. The van der Waals surface area contributed by atoms with Crippen molar-refractivity contribution < 1.29 is 5.11 Å². The first kappa shape index (κ1) is 13.5. The van der Waals surface area contributed by atoms with Crippen molar-refractivity contribution in [3.63, 3.8) is 0 Å². The van der Waals surface area contributed by atoms with Crippen molar-refractivity contribution in [1.82, 2.24) is 9.55 Å². The van der Waals surface area contributed by atoms with Gasteiger partial charge in [0.2, 0.25) is 0 Å². The number of hydrogen-bond acceptors (Lipinski definition) is 4. The molecule has 0 radical (unpaired) electrons. The Bertz CT molecular complexity index is 310. The molecule has 0 aliphatic heterocycles. The van der Waals surface area contributed by atoms with Gasteiger partial charge in [0.15, 0.2) is 5.16 Å². The minimum Gasteiger partial charge on any atom is -0.394 e. The van der Waals surface area contributed by atoms with Crippen molar-refractivity contribution in [2.24, 2.45) is 12.8 Å². The summed E-state index contributed by atoms with van der Waals surface area (Å²) >= 11 is 1.73. The third kappa shape index (κ3) is 3.81. The molecule has 0 spiro atoms. The van der Waals surface area contributed by atoms with Gasteiger partial charge in [-0.3, -0.25) is 0 Å².